The number of alkyl halides is 2. The van der Waals surface area contributed by atoms with E-state index in [4.69, 9.17) is 10.2 Å². The Hall–Kier alpha value is -2.02. The van der Waals surface area contributed by atoms with E-state index < -0.39 is 36.9 Å². The molecule has 110 valence electrons. The zero-order chi connectivity index (χ0) is 15.1. The number of amides is 1. The van der Waals surface area contributed by atoms with Crippen LogP contribution in [0.5, 0.6) is 0 Å². The number of hydrogen-bond acceptors (Lipinski definition) is 3. The maximum Gasteiger partial charge on any atom is 0.326 e. The monoisotopic (exact) mass is 287 g/mol. The molecule has 0 bridgehead atoms. The first-order valence-electron chi connectivity index (χ1n) is 5.96. The van der Waals surface area contributed by atoms with Gasteiger partial charge < -0.3 is 15.5 Å². The molecule has 1 aromatic carbocycles. The SMILES string of the molecule is O=C(N[C@H](CC[C@@H](O)C(F)F)C(=O)O)c1ccccc1. The average Bonchev–Trinajstić information content (AvgIpc) is 2.43. The first-order valence-corrected chi connectivity index (χ1v) is 5.96. The zero-order valence-electron chi connectivity index (χ0n) is 10.5. The molecule has 1 amide bonds. The van der Waals surface area contributed by atoms with E-state index in [1.165, 1.54) is 12.1 Å². The van der Waals surface area contributed by atoms with Crippen LogP contribution in [0, 0.1) is 0 Å². The number of aliphatic hydroxyl groups is 1. The third kappa shape index (κ3) is 4.93. The quantitative estimate of drug-likeness (QED) is 0.705. The molecular formula is C13H15F2NO4. The third-order valence-corrected chi connectivity index (χ3v) is 2.68. The van der Waals surface area contributed by atoms with Crippen molar-refractivity contribution in [3.05, 3.63) is 35.9 Å². The van der Waals surface area contributed by atoms with Gasteiger partial charge in [-0.2, -0.15) is 0 Å². The Bertz CT molecular complexity index is 453. The highest BCUT2D eigenvalue weighted by Gasteiger charge is 2.24. The summed E-state index contributed by atoms with van der Waals surface area (Å²) in [7, 11) is 0. The fourth-order valence-corrected chi connectivity index (χ4v) is 1.55. The van der Waals surface area contributed by atoms with Crippen LogP contribution in [0.25, 0.3) is 0 Å². The van der Waals surface area contributed by atoms with Crippen LogP contribution < -0.4 is 5.32 Å². The Morgan fingerprint density at radius 3 is 2.25 bits per heavy atom. The summed E-state index contributed by atoms with van der Waals surface area (Å²) in [6.45, 7) is 0. The fraction of sp³-hybridized carbons (Fsp3) is 0.385. The van der Waals surface area contributed by atoms with E-state index >= 15 is 0 Å². The largest absolute Gasteiger partial charge is 0.480 e. The van der Waals surface area contributed by atoms with Gasteiger partial charge in [0.15, 0.2) is 0 Å². The van der Waals surface area contributed by atoms with Crippen LogP contribution in [0.1, 0.15) is 23.2 Å². The predicted octanol–water partition coefficient (Wildman–Crippen LogP) is 1.28. The highest BCUT2D eigenvalue weighted by molar-refractivity contribution is 5.96. The number of rotatable bonds is 7. The van der Waals surface area contributed by atoms with Crippen LogP contribution in [0.4, 0.5) is 8.78 Å². The van der Waals surface area contributed by atoms with Crippen molar-refractivity contribution in [3.63, 3.8) is 0 Å². The number of carbonyl (C=O) groups is 2. The normalized spacial score (nSPS) is 13.8. The fourth-order valence-electron chi connectivity index (χ4n) is 1.55. The maximum atomic E-state index is 12.1. The van der Waals surface area contributed by atoms with E-state index in [-0.39, 0.29) is 12.0 Å². The van der Waals surface area contributed by atoms with Crippen molar-refractivity contribution in [2.75, 3.05) is 0 Å². The number of carboxylic acid groups (broad SMARTS) is 1. The molecule has 2 atom stereocenters. The molecule has 0 radical (unpaired) electrons. The summed E-state index contributed by atoms with van der Waals surface area (Å²) in [5.74, 6) is -1.94. The summed E-state index contributed by atoms with van der Waals surface area (Å²) in [6, 6.07) is 6.61. The molecule has 0 fully saturated rings. The second-order valence-electron chi connectivity index (χ2n) is 4.21. The molecule has 1 rings (SSSR count). The van der Waals surface area contributed by atoms with E-state index in [1.807, 2.05) is 0 Å². The van der Waals surface area contributed by atoms with Crippen LogP contribution in [0.15, 0.2) is 30.3 Å². The average molecular weight is 287 g/mol. The first-order chi connectivity index (χ1) is 9.41. The number of benzene rings is 1. The maximum absolute atomic E-state index is 12.1. The van der Waals surface area contributed by atoms with Crippen molar-refractivity contribution < 1.29 is 28.6 Å². The van der Waals surface area contributed by atoms with Gasteiger partial charge in [0, 0.05) is 5.56 Å². The van der Waals surface area contributed by atoms with Gasteiger partial charge in [-0.3, -0.25) is 4.79 Å². The van der Waals surface area contributed by atoms with Crippen molar-refractivity contribution in [2.24, 2.45) is 0 Å². The van der Waals surface area contributed by atoms with Gasteiger partial charge in [-0.15, -0.1) is 0 Å². The van der Waals surface area contributed by atoms with Crippen molar-refractivity contribution in [1.82, 2.24) is 5.32 Å². The molecule has 0 spiro atoms. The summed E-state index contributed by atoms with van der Waals surface area (Å²) in [5, 5.41) is 20.1. The summed E-state index contributed by atoms with van der Waals surface area (Å²) < 4.78 is 24.2. The minimum Gasteiger partial charge on any atom is -0.480 e. The molecule has 0 aliphatic carbocycles. The van der Waals surface area contributed by atoms with E-state index in [0.29, 0.717) is 0 Å². The van der Waals surface area contributed by atoms with E-state index in [9.17, 15) is 18.4 Å². The lowest BCUT2D eigenvalue weighted by Gasteiger charge is -2.16. The lowest BCUT2D eigenvalue weighted by Crippen LogP contribution is -2.41. The molecular weight excluding hydrogens is 272 g/mol. The van der Waals surface area contributed by atoms with Gasteiger partial charge >= 0.3 is 5.97 Å². The van der Waals surface area contributed by atoms with Gasteiger partial charge in [0.2, 0.25) is 0 Å². The number of hydrogen-bond donors (Lipinski definition) is 3. The molecule has 0 aliphatic rings. The van der Waals surface area contributed by atoms with Crippen LogP contribution in [0.3, 0.4) is 0 Å². The Morgan fingerprint density at radius 1 is 1.15 bits per heavy atom. The number of aliphatic carboxylic acids is 1. The minimum atomic E-state index is -2.94. The molecule has 0 aliphatic heterocycles. The smallest absolute Gasteiger partial charge is 0.326 e. The number of nitrogens with one attached hydrogen (secondary N) is 1. The number of aliphatic hydroxyl groups excluding tert-OH is 1. The Labute approximate surface area is 114 Å². The van der Waals surface area contributed by atoms with Crippen LogP contribution in [-0.2, 0) is 4.79 Å². The number of carboxylic acids is 1. The third-order valence-electron chi connectivity index (χ3n) is 2.68. The predicted molar refractivity (Wildman–Crippen MR) is 66.6 cm³/mol. The lowest BCUT2D eigenvalue weighted by molar-refractivity contribution is -0.139. The van der Waals surface area contributed by atoms with Crippen LogP contribution >= 0.6 is 0 Å². The van der Waals surface area contributed by atoms with Gasteiger partial charge in [0.05, 0.1) is 0 Å². The molecule has 0 saturated carbocycles. The molecule has 0 unspecified atom stereocenters. The van der Waals surface area contributed by atoms with E-state index in [0.717, 1.165) is 0 Å². The summed E-state index contributed by atoms with van der Waals surface area (Å²) in [6.07, 6.45) is -5.52. The van der Waals surface area contributed by atoms with Gasteiger partial charge in [-0.1, -0.05) is 18.2 Å². The highest BCUT2D eigenvalue weighted by Crippen LogP contribution is 2.10. The lowest BCUT2D eigenvalue weighted by atomic mass is 10.1. The molecule has 1 aromatic rings. The van der Waals surface area contributed by atoms with Gasteiger partial charge in [-0.25, -0.2) is 13.6 Å². The molecule has 0 heterocycles. The first kappa shape index (κ1) is 16.0. The second kappa shape index (κ2) is 7.54. The minimum absolute atomic E-state index is 0.271. The number of halogens is 2. The second-order valence-corrected chi connectivity index (χ2v) is 4.21. The standard InChI is InChI=1S/C13H15F2NO4/c14-11(15)10(17)7-6-9(13(19)20)16-12(18)8-4-2-1-3-5-8/h1-5,9-11,17H,6-7H2,(H,16,18)(H,19,20)/t9-,10-/m1/s1. The van der Waals surface area contributed by atoms with Crippen molar-refractivity contribution >= 4 is 11.9 Å². The number of carbonyl (C=O) groups excluding carboxylic acids is 1. The van der Waals surface area contributed by atoms with Gasteiger partial charge in [0.25, 0.3) is 12.3 Å². The van der Waals surface area contributed by atoms with Crippen LogP contribution in [-0.4, -0.2) is 40.7 Å². The Balaban J connectivity index is 2.59. The molecule has 7 heteroatoms. The van der Waals surface area contributed by atoms with Gasteiger partial charge in [-0.05, 0) is 25.0 Å². The molecule has 0 saturated heterocycles. The highest BCUT2D eigenvalue weighted by atomic mass is 19.3. The molecule has 0 aromatic heterocycles. The Kier molecular flexibility index (Phi) is 6.05. The van der Waals surface area contributed by atoms with Crippen molar-refractivity contribution in [2.45, 2.75) is 31.4 Å². The molecule has 3 N–H and O–H groups in total. The zero-order valence-corrected chi connectivity index (χ0v) is 10.5. The van der Waals surface area contributed by atoms with Crippen molar-refractivity contribution in [3.8, 4) is 0 Å². The summed E-state index contributed by atoms with van der Waals surface area (Å²) >= 11 is 0. The van der Waals surface area contributed by atoms with E-state index in [2.05, 4.69) is 5.32 Å². The van der Waals surface area contributed by atoms with E-state index in [1.54, 1.807) is 18.2 Å². The summed E-state index contributed by atoms with van der Waals surface area (Å²) in [4.78, 5) is 22.7. The summed E-state index contributed by atoms with van der Waals surface area (Å²) in [5.41, 5.74) is 0.271. The Morgan fingerprint density at radius 2 is 1.75 bits per heavy atom. The topological polar surface area (TPSA) is 86.6 Å². The molecule has 5 nitrogen and oxygen atoms in total. The van der Waals surface area contributed by atoms with Gasteiger partial charge in [0.1, 0.15) is 12.1 Å². The van der Waals surface area contributed by atoms with Crippen LogP contribution in [0.2, 0.25) is 0 Å². The molecule has 20 heavy (non-hydrogen) atoms. The van der Waals surface area contributed by atoms with Crippen molar-refractivity contribution in [1.29, 1.82) is 0 Å².